The van der Waals surface area contributed by atoms with E-state index in [1.165, 1.54) is 24.5 Å². The number of hydrogen-bond acceptors (Lipinski definition) is 7. The predicted octanol–water partition coefficient (Wildman–Crippen LogP) is 5.18. The molecule has 3 rings (SSSR count). The molecule has 1 N–H and O–H groups in total. The molecule has 0 aliphatic rings. The molecule has 0 aliphatic heterocycles. The molecule has 0 unspecified atom stereocenters. The number of anilines is 1. The van der Waals surface area contributed by atoms with Crippen molar-refractivity contribution in [1.29, 1.82) is 0 Å². The number of ether oxygens (including phenoxy) is 2. The van der Waals surface area contributed by atoms with Gasteiger partial charge in [-0.3, -0.25) is 15.5 Å². The van der Waals surface area contributed by atoms with E-state index in [0.717, 1.165) is 10.0 Å². The standard InChI is InChI=1S/C21H19BrN4O4/c1-2-29-19-11-16(13-24-25-21-18(26(27)28)9-6-10-23-21)17(22)12-20(19)30-14-15-7-4-3-5-8-15/h3-13H,2,14H2,1H3,(H,23,25)/b24-13-. The minimum absolute atomic E-state index is 0.0581. The highest BCUT2D eigenvalue weighted by Gasteiger charge is 2.14. The highest BCUT2D eigenvalue weighted by molar-refractivity contribution is 9.10. The van der Waals surface area contributed by atoms with Crippen molar-refractivity contribution in [3.05, 3.63) is 86.5 Å². The lowest BCUT2D eigenvalue weighted by Gasteiger charge is -2.14. The van der Waals surface area contributed by atoms with Gasteiger partial charge in [0.15, 0.2) is 11.5 Å². The SMILES string of the molecule is CCOc1cc(/C=N\Nc2ncccc2[N+](=O)[O-])c(Br)cc1OCc1ccccc1. The van der Waals surface area contributed by atoms with Gasteiger partial charge in [0, 0.05) is 22.3 Å². The number of nitro groups is 1. The summed E-state index contributed by atoms with van der Waals surface area (Å²) in [5.74, 6) is 1.22. The maximum Gasteiger partial charge on any atom is 0.313 e. The number of nitrogens with one attached hydrogen (secondary N) is 1. The second-order valence-corrected chi connectivity index (χ2v) is 6.88. The lowest BCUT2D eigenvalue weighted by Crippen LogP contribution is -2.02. The van der Waals surface area contributed by atoms with Gasteiger partial charge in [-0.15, -0.1) is 0 Å². The van der Waals surface area contributed by atoms with Crippen LogP contribution in [0.15, 0.2) is 70.4 Å². The lowest BCUT2D eigenvalue weighted by molar-refractivity contribution is -0.384. The van der Waals surface area contributed by atoms with Gasteiger partial charge in [0.25, 0.3) is 0 Å². The molecule has 0 atom stereocenters. The average molecular weight is 471 g/mol. The van der Waals surface area contributed by atoms with Crippen LogP contribution < -0.4 is 14.9 Å². The van der Waals surface area contributed by atoms with Gasteiger partial charge in [0.05, 0.1) is 17.7 Å². The van der Waals surface area contributed by atoms with Crippen LogP contribution in [0.1, 0.15) is 18.1 Å². The van der Waals surface area contributed by atoms with Crippen molar-refractivity contribution in [3.8, 4) is 11.5 Å². The van der Waals surface area contributed by atoms with Crippen molar-refractivity contribution in [2.24, 2.45) is 5.10 Å². The normalized spacial score (nSPS) is 10.7. The van der Waals surface area contributed by atoms with Crippen LogP contribution in [0, 0.1) is 10.1 Å². The Labute approximate surface area is 181 Å². The summed E-state index contributed by atoms with van der Waals surface area (Å²) in [6.07, 6.45) is 2.97. The lowest BCUT2D eigenvalue weighted by atomic mass is 10.2. The number of benzene rings is 2. The first kappa shape index (κ1) is 21.3. The molecule has 0 aliphatic carbocycles. The maximum absolute atomic E-state index is 11.1. The zero-order chi connectivity index (χ0) is 21.3. The predicted molar refractivity (Wildman–Crippen MR) is 118 cm³/mol. The number of hydrazone groups is 1. The van der Waals surface area contributed by atoms with Gasteiger partial charge in [-0.1, -0.05) is 30.3 Å². The summed E-state index contributed by atoms with van der Waals surface area (Å²) in [4.78, 5) is 14.5. The Morgan fingerprint density at radius 1 is 1.17 bits per heavy atom. The summed E-state index contributed by atoms with van der Waals surface area (Å²) in [5, 5.41) is 15.1. The summed E-state index contributed by atoms with van der Waals surface area (Å²) in [6.45, 7) is 2.77. The molecule has 2 aromatic carbocycles. The third kappa shape index (κ3) is 5.54. The molecule has 3 aromatic rings. The van der Waals surface area contributed by atoms with Crippen molar-refractivity contribution in [2.45, 2.75) is 13.5 Å². The highest BCUT2D eigenvalue weighted by Crippen LogP contribution is 2.34. The Balaban J connectivity index is 1.77. The molecule has 0 saturated heterocycles. The van der Waals surface area contributed by atoms with Crippen LogP contribution in [0.2, 0.25) is 0 Å². The zero-order valence-corrected chi connectivity index (χ0v) is 17.7. The van der Waals surface area contributed by atoms with E-state index in [9.17, 15) is 10.1 Å². The van der Waals surface area contributed by atoms with E-state index in [1.807, 2.05) is 37.3 Å². The van der Waals surface area contributed by atoms with Crippen molar-refractivity contribution < 1.29 is 14.4 Å². The van der Waals surface area contributed by atoms with Crippen molar-refractivity contribution in [1.82, 2.24) is 4.98 Å². The minimum Gasteiger partial charge on any atom is -0.490 e. The Hall–Kier alpha value is -3.46. The molecular formula is C21H19BrN4O4. The number of rotatable bonds is 9. The topological polar surface area (TPSA) is 98.9 Å². The van der Waals surface area contributed by atoms with Gasteiger partial charge >= 0.3 is 5.69 Å². The average Bonchev–Trinajstić information content (AvgIpc) is 2.75. The smallest absolute Gasteiger partial charge is 0.313 e. The first-order valence-electron chi connectivity index (χ1n) is 9.10. The van der Waals surface area contributed by atoms with E-state index < -0.39 is 4.92 Å². The minimum atomic E-state index is -0.521. The number of nitrogens with zero attached hydrogens (tertiary/aromatic N) is 3. The molecule has 0 bridgehead atoms. The van der Waals surface area contributed by atoms with Crippen molar-refractivity contribution in [3.63, 3.8) is 0 Å². The van der Waals surface area contributed by atoms with Gasteiger partial charge in [0.2, 0.25) is 5.82 Å². The molecule has 1 heterocycles. The Morgan fingerprint density at radius 2 is 1.93 bits per heavy atom. The number of pyridine rings is 1. The van der Waals surface area contributed by atoms with E-state index in [1.54, 1.807) is 12.1 Å². The van der Waals surface area contributed by atoms with Gasteiger partial charge in [-0.2, -0.15) is 5.10 Å². The van der Waals surface area contributed by atoms with Crippen LogP contribution in [0.5, 0.6) is 11.5 Å². The first-order valence-corrected chi connectivity index (χ1v) is 9.89. The van der Waals surface area contributed by atoms with E-state index in [-0.39, 0.29) is 11.5 Å². The largest absolute Gasteiger partial charge is 0.490 e. The fourth-order valence-electron chi connectivity index (χ4n) is 2.56. The molecule has 0 radical (unpaired) electrons. The molecule has 8 nitrogen and oxygen atoms in total. The molecule has 0 fully saturated rings. The zero-order valence-electron chi connectivity index (χ0n) is 16.1. The second-order valence-electron chi connectivity index (χ2n) is 6.03. The van der Waals surface area contributed by atoms with E-state index >= 15 is 0 Å². The van der Waals surface area contributed by atoms with Crippen molar-refractivity contribution >= 4 is 33.6 Å². The van der Waals surface area contributed by atoms with E-state index in [4.69, 9.17) is 9.47 Å². The van der Waals surface area contributed by atoms with E-state index in [0.29, 0.717) is 30.3 Å². The molecule has 154 valence electrons. The fourth-order valence-corrected chi connectivity index (χ4v) is 2.98. The van der Waals surface area contributed by atoms with Crippen LogP contribution in [-0.2, 0) is 6.61 Å². The Kier molecular flexibility index (Phi) is 7.34. The summed E-state index contributed by atoms with van der Waals surface area (Å²) >= 11 is 3.50. The quantitative estimate of drug-likeness (QED) is 0.263. The monoisotopic (exact) mass is 470 g/mol. The number of hydrogen-bond donors (Lipinski definition) is 1. The summed E-state index contributed by atoms with van der Waals surface area (Å²) in [7, 11) is 0. The van der Waals surface area contributed by atoms with Gasteiger partial charge in [0.1, 0.15) is 6.61 Å². The first-order chi connectivity index (χ1) is 14.6. The van der Waals surface area contributed by atoms with Crippen LogP contribution in [0.3, 0.4) is 0 Å². The van der Waals surface area contributed by atoms with Crippen LogP contribution in [0.25, 0.3) is 0 Å². The second kappa shape index (κ2) is 10.4. The summed E-state index contributed by atoms with van der Waals surface area (Å²) < 4.78 is 12.4. The van der Waals surface area contributed by atoms with E-state index in [2.05, 4.69) is 31.4 Å². The van der Waals surface area contributed by atoms with Gasteiger partial charge < -0.3 is 9.47 Å². The van der Waals surface area contributed by atoms with Crippen LogP contribution in [-0.4, -0.2) is 22.7 Å². The number of halogens is 1. The Morgan fingerprint density at radius 3 is 2.67 bits per heavy atom. The molecule has 0 amide bonds. The third-order valence-corrected chi connectivity index (χ3v) is 4.64. The molecular weight excluding hydrogens is 452 g/mol. The molecule has 9 heteroatoms. The number of aromatic nitrogens is 1. The highest BCUT2D eigenvalue weighted by atomic mass is 79.9. The van der Waals surface area contributed by atoms with Gasteiger partial charge in [-0.05, 0) is 46.6 Å². The molecule has 0 saturated carbocycles. The summed E-state index contributed by atoms with van der Waals surface area (Å²) in [5.41, 5.74) is 4.20. The van der Waals surface area contributed by atoms with Crippen molar-refractivity contribution in [2.75, 3.05) is 12.0 Å². The summed E-state index contributed by atoms with van der Waals surface area (Å²) in [6, 6.07) is 16.3. The van der Waals surface area contributed by atoms with Crippen LogP contribution >= 0.6 is 15.9 Å². The molecule has 0 spiro atoms. The maximum atomic E-state index is 11.1. The third-order valence-electron chi connectivity index (χ3n) is 3.96. The Bertz CT molecular complexity index is 1040. The fraction of sp³-hybridized carbons (Fsp3) is 0.143. The molecule has 1 aromatic heterocycles. The van der Waals surface area contributed by atoms with Crippen LogP contribution in [0.4, 0.5) is 11.5 Å². The van der Waals surface area contributed by atoms with Gasteiger partial charge in [-0.25, -0.2) is 4.98 Å². The molecule has 30 heavy (non-hydrogen) atoms.